The Bertz CT molecular complexity index is 907. The van der Waals surface area contributed by atoms with Crippen molar-refractivity contribution >= 4 is 11.6 Å². The van der Waals surface area contributed by atoms with Crippen molar-refractivity contribution < 1.29 is 13.9 Å². The molecule has 0 spiro atoms. The van der Waals surface area contributed by atoms with Crippen molar-refractivity contribution in [2.45, 2.75) is 19.9 Å². The molecule has 0 bridgehead atoms. The molecule has 0 saturated carbocycles. The Morgan fingerprint density at radius 1 is 1.23 bits per heavy atom. The summed E-state index contributed by atoms with van der Waals surface area (Å²) in [5.74, 6) is -0.455. The van der Waals surface area contributed by atoms with Crippen LogP contribution < -0.4 is 10.1 Å². The van der Waals surface area contributed by atoms with E-state index in [1.54, 1.807) is 6.20 Å². The second-order valence-corrected chi connectivity index (χ2v) is 5.80. The molecular formula is C20H20FN3O2. The third-order valence-corrected chi connectivity index (χ3v) is 4.12. The molecular weight excluding hydrogens is 333 g/mol. The Morgan fingerprint density at radius 3 is 2.69 bits per heavy atom. The van der Waals surface area contributed by atoms with Gasteiger partial charge in [0.05, 0.1) is 36.8 Å². The largest absolute Gasteiger partial charge is 0.494 e. The van der Waals surface area contributed by atoms with Crippen LogP contribution in [0.4, 0.5) is 10.1 Å². The maximum Gasteiger partial charge on any atom is 0.259 e. The number of aromatic nitrogens is 2. The van der Waals surface area contributed by atoms with Gasteiger partial charge in [-0.2, -0.15) is 5.10 Å². The number of methoxy groups -OCH3 is 1. The summed E-state index contributed by atoms with van der Waals surface area (Å²) in [4.78, 5) is 12.7. The number of nitrogens with zero attached hydrogens (tertiary/aromatic N) is 2. The molecule has 0 unspecified atom stereocenters. The second kappa shape index (κ2) is 7.82. The van der Waals surface area contributed by atoms with Crippen molar-refractivity contribution in [2.75, 3.05) is 12.4 Å². The Hall–Kier alpha value is -3.15. The number of halogens is 1. The zero-order valence-corrected chi connectivity index (χ0v) is 14.7. The molecule has 0 radical (unpaired) electrons. The van der Waals surface area contributed by atoms with Crippen LogP contribution in [-0.4, -0.2) is 22.8 Å². The first kappa shape index (κ1) is 17.7. The molecule has 1 N–H and O–H groups in total. The van der Waals surface area contributed by atoms with Crippen molar-refractivity contribution in [2.24, 2.45) is 0 Å². The molecule has 1 aromatic heterocycles. The number of carbonyl (C=O) groups excluding carboxylic acids is 1. The topological polar surface area (TPSA) is 56.1 Å². The maximum absolute atomic E-state index is 13.3. The van der Waals surface area contributed by atoms with E-state index in [1.807, 2.05) is 41.9 Å². The van der Waals surface area contributed by atoms with E-state index in [1.165, 1.54) is 25.3 Å². The van der Waals surface area contributed by atoms with Gasteiger partial charge >= 0.3 is 0 Å². The average molecular weight is 353 g/mol. The maximum atomic E-state index is 13.3. The van der Waals surface area contributed by atoms with E-state index >= 15 is 0 Å². The minimum absolute atomic E-state index is 0.271. The number of benzene rings is 2. The Balaban J connectivity index is 1.84. The highest BCUT2D eigenvalue weighted by molar-refractivity contribution is 6.05. The lowest BCUT2D eigenvalue weighted by Gasteiger charge is -2.11. The van der Waals surface area contributed by atoms with E-state index in [4.69, 9.17) is 4.74 Å². The van der Waals surface area contributed by atoms with E-state index < -0.39 is 5.82 Å². The lowest BCUT2D eigenvalue weighted by Crippen LogP contribution is -2.15. The quantitative estimate of drug-likeness (QED) is 0.731. The SMILES string of the molecule is CCc1c(C(=O)Nc2ccc(F)cc2OC)cnn1Cc1ccccc1. The molecule has 3 aromatic rings. The number of ether oxygens (including phenoxy) is 1. The molecule has 134 valence electrons. The van der Waals surface area contributed by atoms with Crippen LogP contribution in [0, 0.1) is 5.82 Å². The summed E-state index contributed by atoms with van der Waals surface area (Å²) in [5.41, 5.74) is 2.86. The number of amides is 1. The zero-order chi connectivity index (χ0) is 18.5. The zero-order valence-electron chi connectivity index (χ0n) is 14.7. The smallest absolute Gasteiger partial charge is 0.259 e. The molecule has 0 aliphatic heterocycles. The summed E-state index contributed by atoms with van der Waals surface area (Å²) in [6, 6.07) is 13.9. The predicted octanol–water partition coefficient (Wildman–Crippen LogP) is 3.89. The van der Waals surface area contributed by atoms with Gasteiger partial charge in [0.15, 0.2) is 0 Å². The van der Waals surface area contributed by atoms with Crippen LogP contribution in [0.2, 0.25) is 0 Å². The van der Waals surface area contributed by atoms with E-state index in [-0.39, 0.29) is 11.7 Å². The van der Waals surface area contributed by atoms with Gasteiger partial charge < -0.3 is 10.1 Å². The Kier molecular flexibility index (Phi) is 5.31. The van der Waals surface area contributed by atoms with E-state index in [0.29, 0.717) is 24.2 Å². The van der Waals surface area contributed by atoms with Gasteiger partial charge in [-0.05, 0) is 24.1 Å². The fourth-order valence-corrected chi connectivity index (χ4v) is 2.82. The van der Waals surface area contributed by atoms with Gasteiger partial charge in [0.25, 0.3) is 5.91 Å². The fraction of sp³-hybridized carbons (Fsp3) is 0.200. The van der Waals surface area contributed by atoms with Crippen molar-refractivity contribution in [1.29, 1.82) is 0 Å². The third kappa shape index (κ3) is 3.74. The van der Waals surface area contributed by atoms with Gasteiger partial charge in [0.1, 0.15) is 11.6 Å². The Morgan fingerprint density at radius 2 is 2.00 bits per heavy atom. The molecule has 26 heavy (non-hydrogen) atoms. The molecule has 0 atom stereocenters. The van der Waals surface area contributed by atoms with Gasteiger partial charge in [-0.25, -0.2) is 4.39 Å². The number of hydrogen-bond donors (Lipinski definition) is 1. The van der Waals surface area contributed by atoms with Crippen LogP contribution >= 0.6 is 0 Å². The predicted molar refractivity (Wildman–Crippen MR) is 98.1 cm³/mol. The number of carbonyl (C=O) groups is 1. The van der Waals surface area contributed by atoms with Crippen LogP contribution in [-0.2, 0) is 13.0 Å². The minimum Gasteiger partial charge on any atom is -0.494 e. The molecule has 6 heteroatoms. The van der Waals surface area contributed by atoms with E-state index in [0.717, 1.165) is 11.3 Å². The number of nitrogens with one attached hydrogen (secondary N) is 1. The summed E-state index contributed by atoms with van der Waals surface area (Å²) < 4.78 is 20.3. The average Bonchev–Trinajstić information content (AvgIpc) is 3.06. The van der Waals surface area contributed by atoms with E-state index in [2.05, 4.69) is 10.4 Å². The standard InChI is InChI=1S/C20H20FN3O2/c1-3-18-16(12-22-24(18)13-14-7-5-4-6-8-14)20(25)23-17-10-9-15(21)11-19(17)26-2/h4-12H,3,13H2,1-2H3,(H,23,25). The third-order valence-electron chi connectivity index (χ3n) is 4.12. The second-order valence-electron chi connectivity index (χ2n) is 5.80. The summed E-state index contributed by atoms with van der Waals surface area (Å²) in [6.45, 7) is 2.57. The number of hydrogen-bond acceptors (Lipinski definition) is 3. The first-order chi connectivity index (χ1) is 12.6. The van der Waals surface area contributed by atoms with Crippen molar-refractivity contribution in [3.8, 4) is 5.75 Å². The van der Waals surface area contributed by atoms with Gasteiger partial charge in [-0.15, -0.1) is 0 Å². The molecule has 0 aliphatic rings. The minimum atomic E-state index is -0.426. The van der Waals surface area contributed by atoms with Gasteiger partial charge in [-0.3, -0.25) is 9.48 Å². The van der Waals surface area contributed by atoms with Crippen molar-refractivity contribution in [3.63, 3.8) is 0 Å². The van der Waals surface area contributed by atoms with Gasteiger partial charge in [0, 0.05) is 6.07 Å². The molecule has 0 aliphatic carbocycles. The first-order valence-corrected chi connectivity index (χ1v) is 8.36. The highest BCUT2D eigenvalue weighted by Crippen LogP contribution is 2.26. The molecule has 1 heterocycles. The molecule has 3 rings (SSSR count). The summed E-state index contributed by atoms with van der Waals surface area (Å²) in [6.07, 6.45) is 2.23. The van der Waals surface area contributed by atoms with Crippen LogP contribution in [0.3, 0.4) is 0 Å². The van der Waals surface area contributed by atoms with Crippen LogP contribution in [0.1, 0.15) is 28.5 Å². The summed E-state index contributed by atoms with van der Waals surface area (Å²) in [7, 11) is 1.43. The lowest BCUT2D eigenvalue weighted by molar-refractivity contribution is 0.102. The molecule has 0 saturated heterocycles. The monoisotopic (exact) mass is 353 g/mol. The molecule has 0 fully saturated rings. The number of rotatable bonds is 6. The van der Waals surface area contributed by atoms with Crippen molar-refractivity contribution in [3.05, 3.63) is 77.4 Å². The van der Waals surface area contributed by atoms with Gasteiger partial charge in [0.2, 0.25) is 0 Å². The highest BCUT2D eigenvalue weighted by atomic mass is 19.1. The lowest BCUT2D eigenvalue weighted by atomic mass is 10.1. The Labute approximate surface area is 151 Å². The number of anilines is 1. The highest BCUT2D eigenvalue weighted by Gasteiger charge is 2.18. The first-order valence-electron chi connectivity index (χ1n) is 8.36. The summed E-state index contributed by atoms with van der Waals surface area (Å²) in [5, 5.41) is 7.14. The summed E-state index contributed by atoms with van der Waals surface area (Å²) >= 11 is 0. The van der Waals surface area contributed by atoms with Crippen LogP contribution in [0.15, 0.2) is 54.7 Å². The normalized spacial score (nSPS) is 10.6. The van der Waals surface area contributed by atoms with Crippen LogP contribution in [0.5, 0.6) is 5.75 Å². The van der Waals surface area contributed by atoms with Crippen molar-refractivity contribution in [1.82, 2.24) is 9.78 Å². The van der Waals surface area contributed by atoms with Crippen LogP contribution in [0.25, 0.3) is 0 Å². The molecule has 1 amide bonds. The molecule has 5 nitrogen and oxygen atoms in total. The van der Waals surface area contributed by atoms with E-state index in [9.17, 15) is 9.18 Å². The fourth-order valence-electron chi connectivity index (χ4n) is 2.82. The molecule has 2 aromatic carbocycles. The van der Waals surface area contributed by atoms with Gasteiger partial charge in [-0.1, -0.05) is 37.3 Å².